The van der Waals surface area contributed by atoms with Crippen LogP contribution in [0.25, 0.3) is 0 Å². The third kappa shape index (κ3) is 6.08. The highest BCUT2D eigenvalue weighted by atomic mass is 19.4. The fourth-order valence-corrected chi connectivity index (χ4v) is 3.50. The fraction of sp³-hybridized carbons (Fsp3) is 0.500. The van der Waals surface area contributed by atoms with Gasteiger partial charge in [-0.25, -0.2) is 9.37 Å². The van der Waals surface area contributed by atoms with Crippen LogP contribution in [-0.2, 0) is 4.79 Å². The first-order chi connectivity index (χ1) is 15.0. The van der Waals surface area contributed by atoms with Gasteiger partial charge in [-0.15, -0.1) is 0 Å². The Kier molecular flexibility index (Phi) is 7.20. The van der Waals surface area contributed by atoms with Crippen LogP contribution in [0, 0.1) is 5.82 Å². The van der Waals surface area contributed by atoms with E-state index in [0.29, 0.717) is 36.8 Å². The van der Waals surface area contributed by atoms with Gasteiger partial charge in [-0.05, 0) is 17.7 Å². The maximum atomic E-state index is 14.2. The van der Waals surface area contributed by atoms with Crippen molar-refractivity contribution < 1.29 is 27.1 Å². The molecule has 0 bridgehead atoms. The van der Waals surface area contributed by atoms with Gasteiger partial charge in [0.25, 0.3) is 0 Å². The number of rotatable bonds is 8. The minimum Gasteiger partial charge on any atom is -0.489 e. The monoisotopic (exact) mass is 454 g/mol. The Bertz CT molecular complexity index is 935. The van der Waals surface area contributed by atoms with E-state index >= 15 is 0 Å². The van der Waals surface area contributed by atoms with E-state index in [1.54, 1.807) is 50.2 Å². The van der Waals surface area contributed by atoms with E-state index in [1.807, 2.05) is 4.90 Å². The summed E-state index contributed by atoms with van der Waals surface area (Å²) in [7, 11) is 3.56. The summed E-state index contributed by atoms with van der Waals surface area (Å²) in [5.74, 6) is -0.347. The Morgan fingerprint density at radius 1 is 1.28 bits per heavy atom. The standard InChI is InChI=1S/C22H26F4N4O2/c1-14(19(31)8-10-22(24,25)26)15-4-6-16(7-5-15)32-17-9-11-30(13-17)20-18(23)12-27-21(28-20)29(2)3/h4-7,12,14,17H,8-11,13H2,1-3H3/t14?,17-/m1/s1. The molecular formula is C22H26F4N4O2. The molecule has 2 atom stereocenters. The first kappa shape index (κ1) is 23.7. The average molecular weight is 454 g/mol. The summed E-state index contributed by atoms with van der Waals surface area (Å²) in [6.45, 7) is 2.63. The van der Waals surface area contributed by atoms with Crippen molar-refractivity contribution in [3.63, 3.8) is 0 Å². The molecule has 1 fully saturated rings. The SMILES string of the molecule is CC(C(=O)CCC(F)(F)F)c1ccc(O[C@@H]2CCN(c3nc(N(C)C)ncc3F)C2)cc1. The fourth-order valence-electron chi connectivity index (χ4n) is 3.50. The number of hydrogen-bond acceptors (Lipinski definition) is 6. The van der Waals surface area contributed by atoms with Gasteiger partial charge in [-0.3, -0.25) is 4.79 Å². The number of nitrogens with zero attached hydrogens (tertiary/aromatic N) is 4. The molecule has 1 aliphatic rings. The number of hydrogen-bond donors (Lipinski definition) is 0. The Balaban J connectivity index is 1.58. The number of Topliss-reactive ketones (excluding diaryl/α,β-unsaturated/α-hetero) is 1. The number of carbonyl (C=O) groups excluding carboxylic acids is 1. The molecule has 0 amide bonds. The van der Waals surface area contributed by atoms with Gasteiger partial charge < -0.3 is 14.5 Å². The van der Waals surface area contributed by atoms with Gasteiger partial charge in [-0.2, -0.15) is 18.2 Å². The van der Waals surface area contributed by atoms with Crippen molar-refractivity contribution in [3.05, 3.63) is 41.8 Å². The van der Waals surface area contributed by atoms with E-state index in [9.17, 15) is 22.4 Å². The normalized spacial score (nSPS) is 17.3. The Morgan fingerprint density at radius 3 is 2.59 bits per heavy atom. The van der Waals surface area contributed by atoms with Crippen molar-refractivity contribution in [2.24, 2.45) is 0 Å². The molecule has 0 N–H and O–H groups in total. The number of ether oxygens (including phenoxy) is 1. The Labute approximate surface area is 184 Å². The summed E-state index contributed by atoms with van der Waals surface area (Å²) in [6.07, 6.45) is -4.33. The molecular weight excluding hydrogens is 428 g/mol. The summed E-state index contributed by atoms with van der Waals surface area (Å²) in [5.41, 5.74) is 0.636. The van der Waals surface area contributed by atoms with Crippen molar-refractivity contribution in [2.75, 3.05) is 37.0 Å². The molecule has 0 radical (unpaired) electrons. The summed E-state index contributed by atoms with van der Waals surface area (Å²) in [5, 5.41) is 0. The quantitative estimate of drug-likeness (QED) is 0.553. The second-order valence-electron chi connectivity index (χ2n) is 8.08. The molecule has 0 aliphatic carbocycles. The van der Waals surface area contributed by atoms with E-state index in [4.69, 9.17) is 4.74 Å². The molecule has 0 saturated carbocycles. The van der Waals surface area contributed by atoms with Crippen molar-refractivity contribution >= 4 is 17.5 Å². The third-order valence-corrected chi connectivity index (χ3v) is 5.38. The van der Waals surface area contributed by atoms with E-state index in [0.717, 1.165) is 6.20 Å². The van der Waals surface area contributed by atoms with Gasteiger partial charge in [0.1, 0.15) is 17.6 Å². The van der Waals surface area contributed by atoms with Crippen molar-refractivity contribution in [1.82, 2.24) is 9.97 Å². The number of ketones is 1. The summed E-state index contributed by atoms with van der Waals surface area (Å²) in [4.78, 5) is 23.8. The number of carbonyl (C=O) groups is 1. The first-order valence-electron chi connectivity index (χ1n) is 10.3. The van der Waals surface area contributed by atoms with Crippen molar-refractivity contribution in [2.45, 2.75) is 44.4 Å². The van der Waals surface area contributed by atoms with Crippen LogP contribution in [0.5, 0.6) is 5.75 Å². The minimum absolute atomic E-state index is 0.177. The molecule has 0 spiro atoms. The van der Waals surface area contributed by atoms with Crippen LogP contribution >= 0.6 is 0 Å². The first-order valence-corrected chi connectivity index (χ1v) is 10.3. The number of alkyl halides is 3. The second kappa shape index (κ2) is 9.70. The zero-order valence-corrected chi connectivity index (χ0v) is 18.2. The topological polar surface area (TPSA) is 58.6 Å². The van der Waals surface area contributed by atoms with Crippen LogP contribution < -0.4 is 14.5 Å². The minimum atomic E-state index is -4.34. The summed E-state index contributed by atoms with van der Waals surface area (Å²) in [6, 6.07) is 6.76. The zero-order chi connectivity index (χ0) is 23.5. The van der Waals surface area contributed by atoms with Gasteiger partial charge in [0.2, 0.25) is 5.95 Å². The number of halogens is 4. The van der Waals surface area contributed by atoms with Gasteiger partial charge in [0, 0.05) is 39.4 Å². The lowest BCUT2D eigenvalue weighted by Crippen LogP contribution is -2.27. The average Bonchev–Trinajstić information content (AvgIpc) is 3.19. The smallest absolute Gasteiger partial charge is 0.389 e. The zero-order valence-electron chi connectivity index (χ0n) is 18.2. The summed E-state index contributed by atoms with van der Waals surface area (Å²) < 4.78 is 57.2. The molecule has 1 unspecified atom stereocenters. The molecule has 174 valence electrons. The Morgan fingerprint density at radius 2 is 1.97 bits per heavy atom. The third-order valence-electron chi connectivity index (χ3n) is 5.38. The van der Waals surface area contributed by atoms with E-state index in [2.05, 4.69) is 9.97 Å². The number of benzene rings is 1. The van der Waals surface area contributed by atoms with E-state index in [1.165, 1.54) is 0 Å². The highest BCUT2D eigenvalue weighted by Gasteiger charge is 2.30. The molecule has 1 aliphatic heterocycles. The number of aromatic nitrogens is 2. The van der Waals surface area contributed by atoms with Crippen LogP contribution in [0.2, 0.25) is 0 Å². The molecule has 10 heteroatoms. The van der Waals surface area contributed by atoms with Gasteiger partial charge >= 0.3 is 6.18 Å². The molecule has 1 aromatic heterocycles. The predicted octanol–water partition coefficient (Wildman–Crippen LogP) is 4.35. The molecule has 3 rings (SSSR count). The molecule has 2 aromatic rings. The maximum Gasteiger partial charge on any atom is 0.389 e. The van der Waals surface area contributed by atoms with Crippen LogP contribution in [0.4, 0.5) is 29.3 Å². The lowest BCUT2D eigenvalue weighted by molar-refractivity contribution is -0.143. The molecule has 6 nitrogen and oxygen atoms in total. The number of anilines is 2. The molecule has 1 saturated heterocycles. The molecule has 32 heavy (non-hydrogen) atoms. The summed E-state index contributed by atoms with van der Waals surface area (Å²) >= 11 is 0. The highest BCUT2D eigenvalue weighted by Crippen LogP contribution is 2.28. The van der Waals surface area contributed by atoms with Crippen molar-refractivity contribution in [3.8, 4) is 5.75 Å². The predicted molar refractivity (Wildman–Crippen MR) is 113 cm³/mol. The molecule has 1 aromatic carbocycles. The highest BCUT2D eigenvalue weighted by molar-refractivity contribution is 5.85. The van der Waals surface area contributed by atoms with Crippen molar-refractivity contribution in [1.29, 1.82) is 0 Å². The lowest BCUT2D eigenvalue weighted by Gasteiger charge is -2.20. The van der Waals surface area contributed by atoms with Gasteiger partial charge in [0.15, 0.2) is 11.6 Å². The van der Waals surface area contributed by atoms with Crippen LogP contribution in [0.15, 0.2) is 30.5 Å². The van der Waals surface area contributed by atoms with Gasteiger partial charge in [-0.1, -0.05) is 19.1 Å². The van der Waals surface area contributed by atoms with Crippen LogP contribution in [0.3, 0.4) is 0 Å². The van der Waals surface area contributed by atoms with E-state index < -0.39 is 36.5 Å². The van der Waals surface area contributed by atoms with Crippen LogP contribution in [-0.4, -0.2) is 55.2 Å². The largest absolute Gasteiger partial charge is 0.489 e. The Hall–Kier alpha value is -2.91. The van der Waals surface area contributed by atoms with E-state index in [-0.39, 0.29) is 11.9 Å². The molecule has 2 heterocycles. The maximum absolute atomic E-state index is 14.2. The van der Waals surface area contributed by atoms with Crippen LogP contribution in [0.1, 0.15) is 37.7 Å². The second-order valence-corrected chi connectivity index (χ2v) is 8.08. The lowest BCUT2D eigenvalue weighted by atomic mass is 9.94. The van der Waals surface area contributed by atoms with Gasteiger partial charge in [0.05, 0.1) is 19.2 Å².